The third-order valence-corrected chi connectivity index (χ3v) is 4.61. The molecule has 0 unspecified atom stereocenters. The quantitative estimate of drug-likeness (QED) is 0.304. The van der Waals surface area contributed by atoms with E-state index >= 15 is 0 Å². The summed E-state index contributed by atoms with van der Waals surface area (Å²) in [4.78, 5) is 19.6. The van der Waals surface area contributed by atoms with Crippen LogP contribution in [0.2, 0.25) is 0 Å². The summed E-state index contributed by atoms with van der Waals surface area (Å²) in [6.45, 7) is -0.399. The molecule has 0 atom stereocenters. The van der Waals surface area contributed by atoms with Crippen molar-refractivity contribution in [2.24, 2.45) is 0 Å². The molecule has 6 heteroatoms. The summed E-state index contributed by atoms with van der Waals surface area (Å²) in [5.74, 6) is -0.607. The molecule has 1 aromatic heterocycles. The molecule has 0 fully saturated rings. The number of aliphatic hydroxyl groups is 1. The van der Waals surface area contributed by atoms with Gasteiger partial charge < -0.3 is 14.8 Å². The van der Waals surface area contributed by atoms with E-state index in [2.05, 4.69) is 9.97 Å². The Morgan fingerprint density at radius 2 is 1.83 bits per heavy atom. The molecule has 29 heavy (non-hydrogen) atoms. The number of hydrogen-bond donors (Lipinski definition) is 2. The van der Waals surface area contributed by atoms with Crippen LogP contribution in [0.1, 0.15) is 11.4 Å². The number of nitriles is 1. The number of nitrogens with one attached hydrogen (secondary N) is 1. The lowest BCUT2D eigenvalue weighted by molar-refractivity contribution is -0.142. The van der Waals surface area contributed by atoms with Crippen LogP contribution in [0.3, 0.4) is 0 Å². The lowest BCUT2D eigenvalue weighted by Crippen LogP contribution is -2.11. The molecule has 142 valence electrons. The van der Waals surface area contributed by atoms with Crippen LogP contribution >= 0.6 is 0 Å². The number of aliphatic hydroxyl groups excluding tert-OH is 1. The Bertz CT molecular complexity index is 1240. The van der Waals surface area contributed by atoms with Gasteiger partial charge >= 0.3 is 5.97 Å². The molecule has 0 saturated heterocycles. The van der Waals surface area contributed by atoms with Crippen molar-refractivity contribution in [1.29, 1.82) is 5.26 Å². The van der Waals surface area contributed by atoms with Gasteiger partial charge in [0.2, 0.25) is 0 Å². The first-order valence-electron chi connectivity index (χ1n) is 9.05. The second-order valence-corrected chi connectivity index (χ2v) is 6.51. The lowest BCUT2D eigenvalue weighted by atomic mass is 10.0. The van der Waals surface area contributed by atoms with Crippen LogP contribution < -0.4 is 0 Å². The number of fused-ring (bicyclic) bond motifs is 2. The molecule has 0 aliphatic rings. The molecule has 0 bridgehead atoms. The van der Waals surface area contributed by atoms with Gasteiger partial charge in [-0.2, -0.15) is 5.26 Å². The van der Waals surface area contributed by atoms with Crippen molar-refractivity contribution in [3.8, 4) is 6.07 Å². The second kappa shape index (κ2) is 7.87. The molecular formula is C23H17N3O3. The van der Waals surface area contributed by atoms with E-state index in [4.69, 9.17) is 4.74 Å². The van der Waals surface area contributed by atoms with Crippen LogP contribution in [0.4, 0.5) is 0 Å². The van der Waals surface area contributed by atoms with E-state index in [0.717, 1.165) is 21.9 Å². The van der Waals surface area contributed by atoms with Gasteiger partial charge in [0.15, 0.2) is 11.6 Å². The van der Waals surface area contributed by atoms with Gasteiger partial charge in [-0.25, -0.2) is 4.98 Å². The number of aromatic amines is 1. The maximum atomic E-state index is 12.3. The number of hydrogen-bond acceptors (Lipinski definition) is 5. The number of imidazole rings is 1. The Morgan fingerprint density at radius 1 is 1.07 bits per heavy atom. The molecule has 0 amide bonds. The molecule has 4 aromatic rings. The normalized spacial score (nSPS) is 11.8. The Kier molecular flexibility index (Phi) is 4.95. The van der Waals surface area contributed by atoms with E-state index in [-0.39, 0.29) is 23.6 Å². The molecule has 0 spiro atoms. The van der Waals surface area contributed by atoms with Gasteiger partial charge in [0.25, 0.3) is 0 Å². The van der Waals surface area contributed by atoms with Gasteiger partial charge in [0.05, 0.1) is 17.5 Å². The molecule has 4 rings (SSSR count). The number of rotatable bonds is 5. The lowest BCUT2D eigenvalue weighted by Gasteiger charge is -2.08. The van der Waals surface area contributed by atoms with Crippen molar-refractivity contribution in [3.05, 3.63) is 83.9 Å². The minimum absolute atomic E-state index is 0.0563. The molecule has 0 aliphatic carbocycles. The standard InChI is InChI=1S/C23H17N3O3/c24-13-18(23-25-19-10-3-4-11-20(19)26-23)21(27)14-29-22(28)12-16-8-5-7-15-6-1-2-9-17(15)16/h1-11,27H,12,14H2,(H,25,26). The van der Waals surface area contributed by atoms with Crippen molar-refractivity contribution in [3.63, 3.8) is 0 Å². The van der Waals surface area contributed by atoms with E-state index in [1.165, 1.54) is 0 Å². The maximum absolute atomic E-state index is 12.3. The summed E-state index contributed by atoms with van der Waals surface area (Å²) in [6.07, 6.45) is 0.0706. The Labute approximate surface area is 166 Å². The molecule has 0 aliphatic heterocycles. The summed E-state index contributed by atoms with van der Waals surface area (Å²) < 4.78 is 5.20. The van der Waals surface area contributed by atoms with Gasteiger partial charge in [-0.3, -0.25) is 4.79 Å². The number of carbonyl (C=O) groups excluding carboxylic acids is 1. The monoisotopic (exact) mass is 383 g/mol. The zero-order valence-electron chi connectivity index (χ0n) is 15.4. The number of benzene rings is 3. The third-order valence-electron chi connectivity index (χ3n) is 4.61. The Morgan fingerprint density at radius 3 is 2.66 bits per heavy atom. The number of allylic oxidation sites excluding steroid dienone is 1. The second-order valence-electron chi connectivity index (χ2n) is 6.51. The van der Waals surface area contributed by atoms with Gasteiger partial charge in [-0.05, 0) is 28.5 Å². The summed E-state index contributed by atoms with van der Waals surface area (Å²) in [6, 6.07) is 22.7. The zero-order valence-corrected chi connectivity index (χ0v) is 15.4. The van der Waals surface area contributed by atoms with Crippen molar-refractivity contribution in [2.75, 3.05) is 6.61 Å². The fraction of sp³-hybridized carbons (Fsp3) is 0.0870. The average Bonchev–Trinajstić information content (AvgIpc) is 3.17. The number of ether oxygens (including phenoxy) is 1. The van der Waals surface area contributed by atoms with Crippen molar-refractivity contribution < 1.29 is 14.6 Å². The highest BCUT2D eigenvalue weighted by atomic mass is 16.5. The first-order chi connectivity index (χ1) is 14.2. The first kappa shape index (κ1) is 18.3. The van der Waals surface area contributed by atoms with E-state index < -0.39 is 12.6 Å². The fourth-order valence-electron chi connectivity index (χ4n) is 3.20. The first-order valence-corrected chi connectivity index (χ1v) is 9.05. The zero-order chi connectivity index (χ0) is 20.2. The third kappa shape index (κ3) is 3.80. The van der Waals surface area contributed by atoms with Crippen LogP contribution in [0.25, 0.3) is 27.4 Å². The van der Waals surface area contributed by atoms with E-state index in [1.54, 1.807) is 6.07 Å². The number of nitrogens with zero attached hydrogens (tertiary/aromatic N) is 2. The predicted molar refractivity (Wildman–Crippen MR) is 110 cm³/mol. The van der Waals surface area contributed by atoms with Gasteiger partial charge in [0, 0.05) is 0 Å². The molecule has 3 aromatic carbocycles. The van der Waals surface area contributed by atoms with Crippen LogP contribution in [0.15, 0.2) is 72.5 Å². The van der Waals surface area contributed by atoms with E-state index in [9.17, 15) is 15.2 Å². The molecule has 0 radical (unpaired) electrons. The molecular weight excluding hydrogens is 366 g/mol. The maximum Gasteiger partial charge on any atom is 0.310 e. The van der Waals surface area contributed by atoms with Gasteiger partial charge in [0.1, 0.15) is 18.2 Å². The average molecular weight is 383 g/mol. The predicted octanol–water partition coefficient (Wildman–Crippen LogP) is 4.29. The number of aromatic nitrogens is 2. The highest BCUT2D eigenvalue weighted by Gasteiger charge is 2.15. The van der Waals surface area contributed by atoms with Gasteiger partial charge in [-0.1, -0.05) is 54.6 Å². The van der Waals surface area contributed by atoms with Crippen LogP contribution in [-0.4, -0.2) is 27.7 Å². The van der Waals surface area contributed by atoms with Crippen LogP contribution in [0.5, 0.6) is 0 Å². The highest BCUT2D eigenvalue weighted by Crippen LogP contribution is 2.21. The number of H-pyrrole nitrogens is 1. The largest absolute Gasteiger partial charge is 0.507 e. The summed E-state index contributed by atoms with van der Waals surface area (Å²) >= 11 is 0. The van der Waals surface area contributed by atoms with E-state index in [0.29, 0.717) is 5.52 Å². The molecule has 1 heterocycles. The number of carbonyl (C=O) groups is 1. The molecule has 6 nitrogen and oxygen atoms in total. The van der Waals surface area contributed by atoms with Crippen molar-refractivity contribution in [1.82, 2.24) is 9.97 Å². The highest BCUT2D eigenvalue weighted by molar-refractivity contribution is 5.89. The van der Waals surface area contributed by atoms with Crippen LogP contribution in [0, 0.1) is 11.3 Å². The molecule has 2 N–H and O–H groups in total. The van der Waals surface area contributed by atoms with Crippen LogP contribution in [-0.2, 0) is 16.0 Å². The topological polar surface area (TPSA) is 99.0 Å². The van der Waals surface area contributed by atoms with Crippen molar-refractivity contribution in [2.45, 2.75) is 6.42 Å². The fourth-order valence-corrected chi connectivity index (χ4v) is 3.20. The summed E-state index contributed by atoms with van der Waals surface area (Å²) in [5, 5.41) is 21.7. The van der Waals surface area contributed by atoms with Crippen molar-refractivity contribution >= 4 is 33.3 Å². The molecule has 0 saturated carbocycles. The minimum atomic E-state index is -0.491. The Hall–Kier alpha value is -4.11. The van der Waals surface area contributed by atoms with E-state index in [1.807, 2.05) is 66.7 Å². The SMILES string of the molecule is N#CC(=C(O)COC(=O)Cc1cccc2ccccc12)c1nc2ccccc2[nH]1. The number of esters is 1. The van der Waals surface area contributed by atoms with Gasteiger partial charge in [-0.15, -0.1) is 0 Å². The Balaban J connectivity index is 1.49. The smallest absolute Gasteiger partial charge is 0.310 e. The number of para-hydroxylation sites is 2. The minimum Gasteiger partial charge on any atom is -0.507 e. The summed E-state index contributed by atoms with van der Waals surface area (Å²) in [7, 11) is 0. The summed E-state index contributed by atoms with van der Waals surface area (Å²) in [5.41, 5.74) is 2.21.